The molecule has 0 saturated carbocycles. The maximum Gasteiger partial charge on any atom is 0.305 e. The fourth-order valence-electron chi connectivity index (χ4n) is 1.68. The summed E-state index contributed by atoms with van der Waals surface area (Å²) in [5, 5.41) is 8.46. The number of aliphatic carboxylic acids is 1. The maximum atomic E-state index is 11.3. The molecule has 9 heteroatoms. The molecule has 0 aliphatic carbocycles. The quantitative estimate of drug-likeness (QED) is 0.244. The molecule has 0 saturated heterocycles. The van der Waals surface area contributed by atoms with E-state index in [1.807, 2.05) is 0 Å². The van der Waals surface area contributed by atoms with Crippen molar-refractivity contribution in [3.05, 3.63) is 0 Å². The second-order valence-corrected chi connectivity index (χ2v) is 5.06. The first-order valence-electron chi connectivity index (χ1n) is 8.55. The van der Waals surface area contributed by atoms with Gasteiger partial charge in [-0.25, -0.2) is 0 Å². The Morgan fingerprint density at radius 3 is 1.60 bits per heavy atom. The molecular formula is C16H31NO8. The third kappa shape index (κ3) is 20.7. The van der Waals surface area contributed by atoms with E-state index in [0.717, 1.165) is 0 Å². The summed E-state index contributed by atoms with van der Waals surface area (Å²) in [7, 11) is 0. The lowest BCUT2D eigenvalue weighted by Crippen LogP contribution is -2.15. The third-order valence-corrected chi connectivity index (χ3v) is 2.89. The zero-order chi connectivity index (χ0) is 18.6. The Kier molecular flexibility index (Phi) is 18.1. The van der Waals surface area contributed by atoms with Gasteiger partial charge in [-0.15, -0.1) is 0 Å². The third-order valence-electron chi connectivity index (χ3n) is 2.89. The van der Waals surface area contributed by atoms with Gasteiger partial charge in [0.1, 0.15) is 6.61 Å². The Morgan fingerprint density at radius 2 is 1.12 bits per heavy atom. The molecule has 0 fully saturated rings. The molecule has 0 aromatic heterocycles. The molecule has 0 unspecified atom stereocenters. The van der Waals surface area contributed by atoms with Gasteiger partial charge in [-0.2, -0.15) is 0 Å². The number of hydrogen-bond acceptors (Lipinski definition) is 8. The van der Waals surface area contributed by atoms with Crippen LogP contribution in [0.5, 0.6) is 0 Å². The van der Waals surface area contributed by atoms with Gasteiger partial charge in [-0.1, -0.05) is 0 Å². The van der Waals surface area contributed by atoms with Gasteiger partial charge in [0.15, 0.2) is 0 Å². The second-order valence-electron chi connectivity index (χ2n) is 5.06. The number of carbonyl (C=O) groups is 2. The van der Waals surface area contributed by atoms with E-state index in [1.54, 1.807) is 0 Å². The SMILES string of the molecule is NCCOCCOCCOCCOCCOC(=O)CCCCC(=O)O. The number of unbranched alkanes of at least 4 members (excludes halogenated alkanes) is 1. The summed E-state index contributed by atoms with van der Waals surface area (Å²) >= 11 is 0. The maximum absolute atomic E-state index is 11.3. The summed E-state index contributed by atoms with van der Waals surface area (Å²) in [4.78, 5) is 21.6. The lowest BCUT2D eigenvalue weighted by Gasteiger charge is -2.08. The molecule has 0 bridgehead atoms. The van der Waals surface area contributed by atoms with E-state index in [-0.39, 0.29) is 25.4 Å². The molecule has 148 valence electrons. The highest BCUT2D eigenvalue weighted by molar-refractivity contribution is 5.69. The van der Waals surface area contributed by atoms with Crippen LogP contribution >= 0.6 is 0 Å². The Bertz CT molecular complexity index is 327. The zero-order valence-electron chi connectivity index (χ0n) is 14.8. The molecular weight excluding hydrogens is 334 g/mol. The van der Waals surface area contributed by atoms with Gasteiger partial charge in [-0.05, 0) is 12.8 Å². The van der Waals surface area contributed by atoms with Gasteiger partial charge in [0.05, 0.1) is 52.9 Å². The minimum atomic E-state index is -0.855. The first kappa shape index (κ1) is 23.7. The van der Waals surface area contributed by atoms with Crippen molar-refractivity contribution < 1.29 is 38.4 Å². The molecule has 0 amide bonds. The molecule has 9 nitrogen and oxygen atoms in total. The van der Waals surface area contributed by atoms with E-state index in [1.165, 1.54) is 0 Å². The molecule has 0 atom stereocenters. The van der Waals surface area contributed by atoms with Crippen LogP contribution in [0.2, 0.25) is 0 Å². The predicted molar refractivity (Wildman–Crippen MR) is 89.4 cm³/mol. The summed E-state index contributed by atoms with van der Waals surface area (Å²) in [6, 6.07) is 0. The molecule has 0 radical (unpaired) electrons. The summed E-state index contributed by atoms with van der Waals surface area (Å²) in [5.74, 6) is -1.19. The van der Waals surface area contributed by atoms with E-state index in [0.29, 0.717) is 72.2 Å². The smallest absolute Gasteiger partial charge is 0.305 e. The Morgan fingerprint density at radius 1 is 0.680 bits per heavy atom. The number of hydrogen-bond donors (Lipinski definition) is 2. The van der Waals surface area contributed by atoms with E-state index in [9.17, 15) is 9.59 Å². The first-order valence-corrected chi connectivity index (χ1v) is 8.55. The molecule has 25 heavy (non-hydrogen) atoms. The van der Waals surface area contributed by atoms with Crippen LogP contribution < -0.4 is 5.73 Å². The van der Waals surface area contributed by atoms with Crippen LogP contribution in [0.4, 0.5) is 0 Å². The average Bonchev–Trinajstić information content (AvgIpc) is 2.59. The Hall–Kier alpha value is -1.26. The van der Waals surface area contributed by atoms with Gasteiger partial charge in [0, 0.05) is 19.4 Å². The van der Waals surface area contributed by atoms with Crippen LogP contribution in [0, 0.1) is 0 Å². The monoisotopic (exact) mass is 365 g/mol. The summed E-state index contributed by atoms with van der Waals surface area (Å²) in [5.41, 5.74) is 5.28. The predicted octanol–water partition coefficient (Wildman–Crippen LogP) is 0.200. The molecule has 0 aromatic carbocycles. The normalized spacial score (nSPS) is 10.8. The summed E-state index contributed by atoms with van der Waals surface area (Å²) in [6.07, 6.45) is 1.29. The number of carboxylic acid groups (broad SMARTS) is 1. The zero-order valence-corrected chi connectivity index (χ0v) is 14.8. The Labute approximate surface area is 148 Å². The number of carbonyl (C=O) groups excluding carboxylic acids is 1. The second kappa shape index (κ2) is 19.1. The molecule has 0 aliphatic heterocycles. The van der Waals surface area contributed by atoms with Gasteiger partial charge in [-0.3, -0.25) is 9.59 Å². The van der Waals surface area contributed by atoms with Crippen LogP contribution in [-0.4, -0.2) is 83.1 Å². The van der Waals surface area contributed by atoms with E-state index < -0.39 is 5.97 Å². The standard InChI is InChI=1S/C16H31NO8/c17-5-6-21-7-8-22-9-10-23-11-12-24-13-14-25-16(20)4-2-1-3-15(18)19/h1-14,17H2,(H,18,19). The molecule has 3 N–H and O–H groups in total. The Balaban J connectivity index is 3.13. The topological polar surface area (TPSA) is 127 Å². The van der Waals surface area contributed by atoms with Crippen molar-refractivity contribution in [3.8, 4) is 0 Å². The minimum absolute atomic E-state index is 0.0729. The van der Waals surface area contributed by atoms with E-state index in [2.05, 4.69) is 0 Å². The molecule has 0 heterocycles. The van der Waals surface area contributed by atoms with Gasteiger partial charge in [0.2, 0.25) is 0 Å². The number of rotatable bonds is 19. The number of nitrogens with two attached hydrogens (primary N) is 1. The summed E-state index contributed by atoms with van der Waals surface area (Å²) in [6.45, 7) is 4.40. The van der Waals surface area contributed by atoms with Crippen LogP contribution in [0.3, 0.4) is 0 Å². The lowest BCUT2D eigenvalue weighted by molar-refractivity contribution is -0.146. The van der Waals surface area contributed by atoms with Gasteiger partial charge in [0.25, 0.3) is 0 Å². The molecule has 0 spiro atoms. The van der Waals surface area contributed by atoms with Crippen LogP contribution in [0.15, 0.2) is 0 Å². The highest BCUT2D eigenvalue weighted by Gasteiger charge is 2.04. The largest absolute Gasteiger partial charge is 0.481 e. The summed E-state index contributed by atoms with van der Waals surface area (Å²) < 4.78 is 26.0. The van der Waals surface area contributed by atoms with Crippen LogP contribution in [-0.2, 0) is 33.3 Å². The lowest BCUT2D eigenvalue weighted by atomic mass is 10.2. The molecule has 0 rings (SSSR count). The highest BCUT2D eigenvalue weighted by atomic mass is 16.6. The number of ether oxygens (including phenoxy) is 5. The highest BCUT2D eigenvalue weighted by Crippen LogP contribution is 2.01. The van der Waals surface area contributed by atoms with Gasteiger partial charge < -0.3 is 34.5 Å². The van der Waals surface area contributed by atoms with Crippen molar-refractivity contribution >= 4 is 11.9 Å². The van der Waals surface area contributed by atoms with E-state index in [4.69, 9.17) is 34.5 Å². The van der Waals surface area contributed by atoms with Crippen molar-refractivity contribution in [1.82, 2.24) is 0 Å². The van der Waals surface area contributed by atoms with Crippen LogP contribution in [0.1, 0.15) is 25.7 Å². The van der Waals surface area contributed by atoms with Crippen molar-refractivity contribution in [2.75, 3.05) is 66.0 Å². The van der Waals surface area contributed by atoms with Crippen molar-refractivity contribution in [3.63, 3.8) is 0 Å². The van der Waals surface area contributed by atoms with Crippen molar-refractivity contribution in [2.24, 2.45) is 5.73 Å². The number of esters is 1. The fourth-order valence-corrected chi connectivity index (χ4v) is 1.68. The van der Waals surface area contributed by atoms with E-state index >= 15 is 0 Å². The van der Waals surface area contributed by atoms with Gasteiger partial charge >= 0.3 is 11.9 Å². The molecule has 0 aliphatic rings. The number of carboxylic acids is 1. The van der Waals surface area contributed by atoms with Crippen molar-refractivity contribution in [2.45, 2.75) is 25.7 Å². The minimum Gasteiger partial charge on any atom is -0.481 e. The average molecular weight is 365 g/mol. The molecule has 0 aromatic rings. The van der Waals surface area contributed by atoms with Crippen LogP contribution in [0.25, 0.3) is 0 Å². The fraction of sp³-hybridized carbons (Fsp3) is 0.875. The van der Waals surface area contributed by atoms with Crippen molar-refractivity contribution in [1.29, 1.82) is 0 Å². The first-order chi connectivity index (χ1) is 12.2.